The summed E-state index contributed by atoms with van der Waals surface area (Å²) in [5.74, 6) is 1.58. The maximum Gasteiger partial charge on any atom is 0.191 e. The Labute approximate surface area is 184 Å². The number of guanidine groups is 1. The second-order valence-electron chi connectivity index (χ2n) is 7.28. The molecule has 162 valence electrons. The van der Waals surface area contributed by atoms with Crippen LogP contribution in [-0.4, -0.2) is 29.4 Å². The second-order valence-corrected chi connectivity index (χ2v) is 7.28. The van der Waals surface area contributed by atoms with Crippen LogP contribution in [0.15, 0.2) is 72.2 Å². The zero-order chi connectivity index (χ0) is 22.1. The van der Waals surface area contributed by atoms with Crippen LogP contribution in [0.1, 0.15) is 28.1 Å². The Morgan fingerprint density at radius 2 is 1.77 bits per heavy atom. The van der Waals surface area contributed by atoms with Gasteiger partial charge in [-0.15, -0.1) is 0 Å². The van der Waals surface area contributed by atoms with Crippen molar-refractivity contribution in [1.82, 2.24) is 20.4 Å². The van der Waals surface area contributed by atoms with Crippen LogP contribution in [0.5, 0.6) is 5.75 Å². The van der Waals surface area contributed by atoms with E-state index in [1.807, 2.05) is 30.3 Å². The molecule has 0 amide bonds. The van der Waals surface area contributed by atoms with Crippen molar-refractivity contribution in [3.8, 4) is 5.75 Å². The first-order chi connectivity index (χ1) is 15.1. The van der Waals surface area contributed by atoms with Crippen molar-refractivity contribution in [2.45, 2.75) is 33.5 Å². The van der Waals surface area contributed by atoms with Crippen molar-refractivity contribution in [3.63, 3.8) is 0 Å². The first-order valence-electron chi connectivity index (χ1n) is 10.4. The minimum absolute atomic E-state index is 0.482. The number of aliphatic imine (C=N–C) groups is 1. The lowest BCUT2D eigenvalue weighted by atomic mass is 10.2. The molecule has 31 heavy (non-hydrogen) atoms. The first kappa shape index (κ1) is 22.2. The number of rotatable bonds is 9. The van der Waals surface area contributed by atoms with Crippen LogP contribution in [0.25, 0.3) is 0 Å². The normalized spacial score (nSPS) is 11.3. The molecule has 0 aliphatic rings. The van der Waals surface area contributed by atoms with Gasteiger partial charge in [-0.05, 0) is 25.5 Å². The highest BCUT2D eigenvalue weighted by molar-refractivity contribution is 5.79. The lowest BCUT2D eigenvalue weighted by molar-refractivity contribution is 0.358. The van der Waals surface area contributed by atoms with Gasteiger partial charge in [0.05, 0.1) is 12.2 Å². The third kappa shape index (κ3) is 5.98. The molecule has 0 unspecified atom stereocenters. The van der Waals surface area contributed by atoms with Gasteiger partial charge in [-0.25, -0.2) is 0 Å². The number of aryl methyl sites for hydroxylation is 1. The molecule has 2 aromatic carbocycles. The predicted molar refractivity (Wildman–Crippen MR) is 126 cm³/mol. The molecule has 0 atom stereocenters. The largest absolute Gasteiger partial charge is 0.489 e. The van der Waals surface area contributed by atoms with E-state index in [9.17, 15) is 0 Å². The highest BCUT2D eigenvalue weighted by atomic mass is 16.5. The molecule has 3 rings (SSSR count). The van der Waals surface area contributed by atoms with Crippen LogP contribution in [0.2, 0.25) is 0 Å². The Hall–Kier alpha value is -3.54. The molecule has 1 aromatic heterocycles. The molecule has 0 fully saturated rings. The smallest absolute Gasteiger partial charge is 0.191 e. The lowest BCUT2D eigenvalue weighted by Gasteiger charge is -2.14. The van der Waals surface area contributed by atoms with Gasteiger partial charge in [0.2, 0.25) is 0 Å². The van der Waals surface area contributed by atoms with E-state index in [4.69, 9.17) is 9.84 Å². The van der Waals surface area contributed by atoms with E-state index in [0.717, 1.165) is 35.2 Å². The van der Waals surface area contributed by atoms with Gasteiger partial charge >= 0.3 is 0 Å². The summed E-state index contributed by atoms with van der Waals surface area (Å²) in [6, 6.07) is 18.4. The maximum atomic E-state index is 5.74. The number of nitrogens with one attached hydrogen (secondary N) is 2. The summed E-state index contributed by atoms with van der Waals surface area (Å²) in [6.07, 6.45) is 1.74. The van der Waals surface area contributed by atoms with E-state index in [-0.39, 0.29) is 0 Å². The Balaban J connectivity index is 1.61. The Bertz CT molecular complexity index is 1020. The van der Waals surface area contributed by atoms with E-state index < -0.39 is 0 Å². The minimum Gasteiger partial charge on any atom is -0.489 e. The second kappa shape index (κ2) is 11.0. The van der Waals surface area contributed by atoms with Crippen LogP contribution in [0.3, 0.4) is 0 Å². The number of hydrogen-bond acceptors (Lipinski definition) is 3. The number of hydrogen-bond donors (Lipinski definition) is 2. The van der Waals surface area contributed by atoms with E-state index in [1.165, 1.54) is 11.1 Å². The average molecular weight is 418 g/mol. The third-order valence-corrected chi connectivity index (χ3v) is 5.14. The summed E-state index contributed by atoms with van der Waals surface area (Å²) in [4.78, 5) is 4.35. The monoisotopic (exact) mass is 417 g/mol. The molecule has 0 spiro atoms. The van der Waals surface area contributed by atoms with Crippen molar-refractivity contribution in [1.29, 1.82) is 0 Å². The summed E-state index contributed by atoms with van der Waals surface area (Å²) >= 11 is 0. The van der Waals surface area contributed by atoms with Crippen LogP contribution in [-0.2, 0) is 19.6 Å². The quantitative estimate of drug-likeness (QED) is 0.314. The molecule has 0 bridgehead atoms. The number of aromatic nitrogens is 2. The van der Waals surface area contributed by atoms with Crippen molar-refractivity contribution in [3.05, 3.63) is 95.3 Å². The lowest BCUT2D eigenvalue weighted by Crippen LogP contribution is -2.36. The zero-order valence-electron chi connectivity index (χ0n) is 18.6. The van der Waals surface area contributed by atoms with E-state index >= 15 is 0 Å². The maximum absolute atomic E-state index is 5.74. The molecule has 0 aliphatic heterocycles. The fourth-order valence-corrected chi connectivity index (χ4v) is 3.41. The fraction of sp³-hybridized carbons (Fsp3) is 0.280. The molecule has 0 aliphatic carbocycles. The van der Waals surface area contributed by atoms with Gasteiger partial charge in [-0.1, -0.05) is 61.2 Å². The van der Waals surface area contributed by atoms with Gasteiger partial charge in [-0.2, -0.15) is 5.10 Å². The van der Waals surface area contributed by atoms with E-state index in [2.05, 4.69) is 65.0 Å². The van der Waals surface area contributed by atoms with Crippen molar-refractivity contribution in [2.24, 2.45) is 4.99 Å². The highest BCUT2D eigenvalue weighted by Crippen LogP contribution is 2.18. The van der Waals surface area contributed by atoms with Crippen LogP contribution in [0.4, 0.5) is 0 Å². The molecule has 0 saturated carbocycles. The fourth-order valence-electron chi connectivity index (χ4n) is 3.41. The average Bonchev–Trinajstić information content (AvgIpc) is 3.06. The van der Waals surface area contributed by atoms with Crippen molar-refractivity contribution in [2.75, 3.05) is 13.7 Å². The number of benzene rings is 2. The molecular weight excluding hydrogens is 386 g/mol. The minimum atomic E-state index is 0.482. The number of ether oxygens (including phenoxy) is 1. The van der Waals surface area contributed by atoms with Gasteiger partial charge in [0, 0.05) is 37.0 Å². The van der Waals surface area contributed by atoms with Gasteiger partial charge in [0.25, 0.3) is 0 Å². The first-order valence-corrected chi connectivity index (χ1v) is 10.4. The number of nitrogens with zero attached hydrogens (tertiary/aromatic N) is 3. The van der Waals surface area contributed by atoms with E-state index in [1.54, 1.807) is 13.1 Å². The summed E-state index contributed by atoms with van der Waals surface area (Å²) in [5.41, 5.74) is 5.68. The molecule has 2 N–H and O–H groups in total. The van der Waals surface area contributed by atoms with Crippen LogP contribution < -0.4 is 15.4 Å². The predicted octanol–water partition coefficient (Wildman–Crippen LogP) is 3.98. The molecule has 3 aromatic rings. The third-order valence-electron chi connectivity index (χ3n) is 5.14. The van der Waals surface area contributed by atoms with E-state index in [0.29, 0.717) is 19.7 Å². The van der Waals surface area contributed by atoms with Gasteiger partial charge in [0.15, 0.2) is 5.96 Å². The topological polar surface area (TPSA) is 63.5 Å². The Morgan fingerprint density at radius 1 is 1.06 bits per heavy atom. The van der Waals surface area contributed by atoms with Gasteiger partial charge in [-0.3, -0.25) is 9.67 Å². The highest BCUT2D eigenvalue weighted by Gasteiger charge is 2.12. The van der Waals surface area contributed by atoms with Crippen LogP contribution >= 0.6 is 0 Å². The molecule has 6 nitrogen and oxygen atoms in total. The van der Waals surface area contributed by atoms with Crippen molar-refractivity contribution >= 4 is 5.96 Å². The molecule has 0 radical (unpaired) electrons. The van der Waals surface area contributed by atoms with Gasteiger partial charge in [0.1, 0.15) is 12.4 Å². The summed E-state index contributed by atoms with van der Waals surface area (Å²) in [6.45, 7) is 10.4. The number of para-hydroxylation sites is 1. The summed E-state index contributed by atoms with van der Waals surface area (Å²) in [5, 5.41) is 11.5. The zero-order valence-corrected chi connectivity index (χ0v) is 18.6. The summed E-state index contributed by atoms with van der Waals surface area (Å²) in [7, 11) is 1.77. The standard InChI is InChI=1S/C25H31N5O/c1-5-15-31-24-14-10-9-13-22(24)16-27-25(26-4)28-17-23-19(2)29-30(20(23)3)18-21-11-7-6-8-12-21/h5-14H,1,15-18H2,2-4H3,(H2,26,27,28). The molecule has 6 heteroatoms. The molecular formula is C25H31N5O. The molecule has 0 saturated heterocycles. The van der Waals surface area contributed by atoms with Gasteiger partial charge < -0.3 is 15.4 Å². The summed E-state index contributed by atoms with van der Waals surface area (Å²) < 4.78 is 7.80. The Kier molecular flexibility index (Phi) is 7.87. The van der Waals surface area contributed by atoms with Crippen LogP contribution in [0, 0.1) is 13.8 Å². The Morgan fingerprint density at radius 3 is 2.52 bits per heavy atom. The SMILES string of the molecule is C=CCOc1ccccc1CNC(=NC)NCc1c(C)nn(Cc2ccccc2)c1C. The molecule has 1 heterocycles. The van der Waals surface area contributed by atoms with Crippen molar-refractivity contribution < 1.29 is 4.74 Å².